The first-order valence-corrected chi connectivity index (χ1v) is 9.31. The normalized spacial score (nSPS) is 15.0. The van der Waals surface area contributed by atoms with Gasteiger partial charge in [-0.1, -0.05) is 0 Å². The third kappa shape index (κ3) is 5.04. The lowest BCUT2D eigenvalue weighted by Crippen LogP contribution is -2.34. The number of rotatable bonds is 7. The number of carbonyl (C=O) groups excluding carboxylic acids is 4. The van der Waals surface area contributed by atoms with Gasteiger partial charge in [-0.05, 0) is 51.5 Å². The number of ether oxygens (including phenoxy) is 4. The van der Waals surface area contributed by atoms with E-state index in [1.165, 1.54) is 27.4 Å². The Morgan fingerprint density at radius 3 is 2.43 bits per heavy atom. The fourth-order valence-corrected chi connectivity index (χ4v) is 3.55. The lowest BCUT2D eigenvalue weighted by Gasteiger charge is -2.13. The van der Waals surface area contributed by atoms with E-state index < -0.39 is 29.6 Å². The van der Waals surface area contributed by atoms with Crippen molar-refractivity contribution in [3.8, 4) is 11.5 Å². The highest BCUT2D eigenvalue weighted by atomic mass is 79.9. The highest BCUT2D eigenvalue weighted by molar-refractivity contribution is 9.10. The quantitative estimate of drug-likeness (QED) is 0.434. The number of amides is 2. The van der Waals surface area contributed by atoms with Gasteiger partial charge in [0.1, 0.15) is 6.54 Å². The van der Waals surface area contributed by atoms with Crippen LogP contribution in [0, 0.1) is 0 Å². The van der Waals surface area contributed by atoms with Crippen molar-refractivity contribution >= 4 is 56.9 Å². The molecule has 0 radical (unpaired) electrons. The molecule has 0 atom stereocenters. The number of methoxy groups -OCH3 is 3. The first-order chi connectivity index (χ1) is 13.3. The van der Waals surface area contributed by atoms with Crippen LogP contribution in [-0.2, 0) is 23.9 Å². The van der Waals surface area contributed by atoms with Gasteiger partial charge in [0.2, 0.25) is 0 Å². The Morgan fingerprint density at radius 1 is 1.14 bits per heavy atom. The van der Waals surface area contributed by atoms with Crippen molar-refractivity contribution in [3.63, 3.8) is 0 Å². The largest absolute Gasteiger partial charge is 0.493 e. The number of thioether (sulfide) groups is 1. The molecule has 150 valence electrons. The molecule has 0 N–H and O–H groups in total. The Labute approximate surface area is 173 Å². The van der Waals surface area contributed by atoms with Crippen molar-refractivity contribution in [1.82, 2.24) is 4.90 Å². The monoisotopic (exact) mass is 473 g/mol. The minimum Gasteiger partial charge on any atom is -0.493 e. The van der Waals surface area contributed by atoms with Gasteiger partial charge in [0, 0.05) is 0 Å². The summed E-state index contributed by atoms with van der Waals surface area (Å²) in [6.07, 6.45) is 1.49. The predicted octanol–water partition coefficient (Wildman–Crippen LogP) is 2.22. The van der Waals surface area contributed by atoms with Crippen LogP contribution in [0.1, 0.15) is 5.56 Å². The Bertz CT molecular complexity index is 854. The van der Waals surface area contributed by atoms with Gasteiger partial charge in [-0.3, -0.25) is 19.3 Å². The summed E-state index contributed by atoms with van der Waals surface area (Å²) in [6, 6.07) is 3.20. The van der Waals surface area contributed by atoms with E-state index in [4.69, 9.17) is 9.47 Å². The van der Waals surface area contributed by atoms with Crippen LogP contribution in [0.2, 0.25) is 0 Å². The van der Waals surface area contributed by atoms with E-state index >= 15 is 0 Å². The van der Waals surface area contributed by atoms with E-state index in [1.807, 2.05) is 0 Å². The molecule has 1 aromatic carbocycles. The number of imide groups is 1. The van der Waals surface area contributed by atoms with Crippen molar-refractivity contribution in [2.24, 2.45) is 0 Å². The number of esters is 2. The maximum Gasteiger partial charge on any atom is 0.343 e. The highest BCUT2D eigenvalue weighted by Crippen LogP contribution is 2.39. The summed E-state index contributed by atoms with van der Waals surface area (Å²) in [4.78, 5) is 47.9. The molecule has 0 aromatic heterocycles. The third-order valence-electron chi connectivity index (χ3n) is 3.50. The molecule has 0 unspecified atom stereocenters. The molecule has 1 aliphatic heterocycles. The van der Waals surface area contributed by atoms with Crippen molar-refractivity contribution in [2.45, 2.75) is 0 Å². The minimum absolute atomic E-state index is 0.145. The molecule has 1 saturated heterocycles. The van der Waals surface area contributed by atoms with Crippen LogP contribution >= 0.6 is 27.7 Å². The van der Waals surface area contributed by atoms with Gasteiger partial charge in [-0.15, -0.1) is 0 Å². The van der Waals surface area contributed by atoms with Gasteiger partial charge in [0.15, 0.2) is 18.1 Å². The summed E-state index contributed by atoms with van der Waals surface area (Å²) >= 11 is 4.04. The highest BCUT2D eigenvalue weighted by Gasteiger charge is 2.36. The van der Waals surface area contributed by atoms with Crippen LogP contribution < -0.4 is 9.47 Å². The Kier molecular flexibility index (Phi) is 7.46. The number of hydrogen-bond donors (Lipinski definition) is 0. The van der Waals surface area contributed by atoms with E-state index in [1.54, 1.807) is 12.1 Å². The summed E-state index contributed by atoms with van der Waals surface area (Å²) < 4.78 is 20.1. The zero-order valence-corrected chi connectivity index (χ0v) is 17.5. The van der Waals surface area contributed by atoms with Gasteiger partial charge in [0.25, 0.3) is 11.1 Å². The Morgan fingerprint density at radius 2 is 1.82 bits per heavy atom. The number of benzene rings is 1. The van der Waals surface area contributed by atoms with Crippen LogP contribution in [0.5, 0.6) is 11.5 Å². The topological polar surface area (TPSA) is 108 Å². The average molecular weight is 474 g/mol. The molecular formula is C17H16BrNO8S. The van der Waals surface area contributed by atoms with Crippen LogP contribution in [0.25, 0.3) is 6.08 Å². The van der Waals surface area contributed by atoms with E-state index in [-0.39, 0.29) is 17.3 Å². The zero-order chi connectivity index (χ0) is 20.8. The SMILES string of the molecule is COC(=O)COc1c(Br)cc(/C=C2\SC(=O)N(CC(=O)OC)C2=O)cc1OC. The van der Waals surface area contributed by atoms with Gasteiger partial charge in [-0.25, -0.2) is 4.79 Å². The van der Waals surface area contributed by atoms with Gasteiger partial charge in [0.05, 0.1) is 30.7 Å². The number of halogens is 1. The predicted molar refractivity (Wildman–Crippen MR) is 103 cm³/mol. The molecule has 1 heterocycles. The fraction of sp³-hybridized carbons (Fsp3) is 0.294. The molecule has 0 saturated carbocycles. The molecule has 1 fully saturated rings. The molecule has 9 nitrogen and oxygen atoms in total. The van der Waals surface area contributed by atoms with Crippen LogP contribution in [-0.4, -0.2) is 62.5 Å². The molecule has 28 heavy (non-hydrogen) atoms. The van der Waals surface area contributed by atoms with Gasteiger partial charge in [-0.2, -0.15) is 0 Å². The third-order valence-corrected chi connectivity index (χ3v) is 5.00. The van der Waals surface area contributed by atoms with E-state index in [9.17, 15) is 19.2 Å². The second-order valence-corrected chi connectivity index (χ2v) is 7.09. The summed E-state index contributed by atoms with van der Waals surface area (Å²) in [5.41, 5.74) is 0.540. The first-order valence-electron chi connectivity index (χ1n) is 7.70. The molecule has 1 aliphatic rings. The van der Waals surface area contributed by atoms with Crippen LogP contribution in [0.4, 0.5) is 4.79 Å². The molecule has 1 aromatic rings. The van der Waals surface area contributed by atoms with Crippen molar-refractivity contribution in [2.75, 3.05) is 34.5 Å². The summed E-state index contributed by atoms with van der Waals surface area (Å²) in [7, 11) is 3.83. The molecule has 11 heteroatoms. The minimum atomic E-state index is -0.694. The molecule has 2 amide bonds. The molecule has 0 spiro atoms. The molecule has 0 bridgehead atoms. The average Bonchev–Trinajstić information content (AvgIpc) is 2.93. The number of nitrogens with zero attached hydrogens (tertiary/aromatic N) is 1. The second kappa shape index (κ2) is 9.60. The van der Waals surface area contributed by atoms with Crippen LogP contribution in [0.15, 0.2) is 21.5 Å². The van der Waals surface area contributed by atoms with Gasteiger partial charge < -0.3 is 18.9 Å². The van der Waals surface area contributed by atoms with Crippen molar-refractivity contribution in [3.05, 3.63) is 27.1 Å². The van der Waals surface area contributed by atoms with Crippen molar-refractivity contribution < 1.29 is 38.1 Å². The molecular weight excluding hydrogens is 458 g/mol. The van der Waals surface area contributed by atoms with E-state index in [0.29, 0.717) is 27.5 Å². The van der Waals surface area contributed by atoms with Gasteiger partial charge >= 0.3 is 11.9 Å². The molecule has 0 aliphatic carbocycles. The van der Waals surface area contributed by atoms with Crippen molar-refractivity contribution in [1.29, 1.82) is 0 Å². The fourth-order valence-electron chi connectivity index (χ4n) is 2.13. The summed E-state index contributed by atoms with van der Waals surface area (Å²) in [5, 5.41) is -0.564. The lowest BCUT2D eigenvalue weighted by molar-refractivity contribution is -0.143. The number of carbonyl (C=O) groups is 4. The summed E-state index contributed by atoms with van der Waals surface area (Å²) in [5.74, 6) is -1.26. The zero-order valence-electron chi connectivity index (χ0n) is 15.1. The second-order valence-electron chi connectivity index (χ2n) is 5.24. The maximum atomic E-state index is 12.4. The maximum absolute atomic E-state index is 12.4. The van der Waals surface area contributed by atoms with E-state index in [2.05, 4.69) is 25.4 Å². The van der Waals surface area contributed by atoms with E-state index in [0.717, 1.165) is 4.90 Å². The molecule has 2 rings (SSSR count). The standard InChI is InChI=1S/C17H16BrNO8S/c1-24-11-5-9(4-10(18)15(11)27-8-14(21)26-3)6-12-16(22)19(17(23)28-12)7-13(20)25-2/h4-6H,7-8H2,1-3H3/b12-6-. The smallest absolute Gasteiger partial charge is 0.343 e. The number of hydrogen-bond acceptors (Lipinski definition) is 9. The first kappa shape index (κ1) is 21.8. The van der Waals surface area contributed by atoms with Crippen LogP contribution in [0.3, 0.4) is 0 Å². The summed E-state index contributed by atoms with van der Waals surface area (Å²) in [6.45, 7) is -0.761. The Balaban J connectivity index is 2.27. The Hall–Kier alpha value is -2.53. The lowest BCUT2D eigenvalue weighted by atomic mass is 10.2.